The average molecular weight is 277 g/mol. The maximum absolute atomic E-state index is 4.65. The summed E-state index contributed by atoms with van der Waals surface area (Å²) >= 11 is 0. The van der Waals surface area contributed by atoms with Crippen molar-refractivity contribution in [3.05, 3.63) is 17.5 Å². The van der Waals surface area contributed by atoms with Crippen LogP contribution in [0.2, 0.25) is 0 Å². The third kappa shape index (κ3) is 3.63. The molecule has 1 aliphatic carbocycles. The molecule has 3 atom stereocenters. The van der Waals surface area contributed by atoms with E-state index in [0.717, 1.165) is 18.4 Å². The van der Waals surface area contributed by atoms with Crippen molar-refractivity contribution < 1.29 is 0 Å². The number of hydrogen-bond acceptors (Lipinski definition) is 2. The second-order valence-corrected chi connectivity index (χ2v) is 7.77. The Kier molecular flexibility index (Phi) is 4.58. The van der Waals surface area contributed by atoms with Gasteiger partial charge >= 0.3 is 0 Å². The van der Waals surface area contributed by atoms with Gasteiger partial charge in [-0.15, -0.1) is 0 Å². The fraction of sp³-hybridized carbons (Fsp3) is 0.824. The van der Waals surface area contributed by atoms with Gasteiger partial charge < -0.3 is 5.32 Å². The highest BCUT2D eigenvalue weighted by atomic mass is 15.3. The van der Waals surface area contributed by atoms with Gasteiger partial charge in [-0.3, -0.25) is 4.68 Å². The van der Waals surface area contributed by atoms with Crippen LogP contribution in [0.4, 0.5) is 0 Å². The SMILES string of the molecule is CC1CCC(NCc2cn(C)nc2C(C)(C)C)CC1C. The smallest absolute Gasteiger partial charge is 0.0722 e. The Morgan fingerprint density at radius 3 is 2.55 bits per heavy atom. The van der Waals surface area contributed by atoms with E-state index < -0.39 is 0 Å². The molecule has 0 spiro atoms. The lowest BCUT2D eigenvalue weighted by atomic mass is 9.79. The summed E-state index contributed by atoms with van der Waals surface area (Å²) < 4.78 is 1.95. The quantitative estimate of drug-likeness (QED) is 0.914. The van der Waals surface area contributed by atoms with E-state index >= 15 is 0 Å². The van der Waals surface area contributed by atoms with Gasteiger partial charge in [-0.2, -0.15) is 5.10 Å². The largest absolute Gasteiger partial charge is 0.310 e. The Bertz CT molecular complexity index is 442. The minimum absolute atomic E-state index is 0.118. The minimum atomic E-state index is 0.118. The van der Waals surface area contributed by atoms with E-state index in [2.05, 4.69) is 51.2 Å². The summed E-state index contributed by atoms with van der Waals surface area (Å²) in [5, 5.41) is 8.41. The molecule has 3 heteroatoms. The first-order chi connectivity index (χ1) is 9.27. The maximum Gasteiger partial charge on any atom is 0.0722 e. The van der Waals surface area contributed by atoms with Crippen LogP contribution in [0, 0.1) is 11.8 Å². The zero-order valence-electron chi connectivity index (χ0n) is 14.0. The molecule has 114 valence electrons. The van der Waals surface area contributed by atoms with Gasteiger partial charge in [0.2, 0.25) is 0 Å². The van der Waals surface area contributed by atoms with Gasteiger partial charge in [-0.05, 0) is 31.1 Å². The molecule has 0 radical (unpaired) electrons. The van der Waals surface area contributed by atoms with Crippen molar-refractivity contribution in [1.82, 2.24) is 15.1 Å². The number of nitrogens with zero attached hydrogens (tertiary/aromatic N) is 2. The van der Waals surface area contributed by atoms with Crippen LogP contribution in [-0.2, 0) is 19.0 Å². The molecule has 1 aromatic heterocycles. The molecule has 0 aliphatic heterocycles. The van der Waals surface area contributed by atoms with Gasteiger partial charge in [-0.1, -0.05) is 34.6 Å². The molecule has 0 saturated heterocycles. The van der Waals surface area contributed by atoms with Gasteiger partial charge in [0.05, 0.1) is 5.69 Å². The lowest BCUT2D eigenvalue weighted by Crippen LogP contribution is -2.36. The molecular weight excluding hydrogens is 246 g/mol. The third-order valence-corrected chi connectivity index (χ3v) is 4.79. The van der Waals surface area contributed by atoms with Crippen molar-refractivity contribution in [3.63, 3.8) is 0 Å². The van der Waals surface area contributed by atoms with Crippen LogP contribution < -0.4 is 5.32 Å². The molecule has 0 amide bonds. The Balaban J connectivity index is 1.98. The average Bonchev–Trinajstić information content (AvgIpc) is 2.72. The van der Waals surface area contributed by atoms with Gasteiger partial charge in [-0.25, -0.2) is 0 Å². The second-order valence-electron chi connectivity index (χ2n) is 7.77. The second kappa shape index (κ2) is 5.88. The third-order valence-electron chi connectivity index (χ3n) is 4.79. The van der Waals surface area contributed by atoms with E-state index in [9.17, 15) is 0 Å². The van der Waals surface area contributed by atoms with Crippen molar-refractivity contribution in [1.29, 1.82) is 0 Å². The molecule has 1 fully saturated rings. The van der Waals surface area contributed by atoms with Crippen molar-refractivity contribution >= 4 is 0 Å². The highest BCUT2D eigenvalue weighted by Gasteiger charge is 2.26. The van der Waals surface area contributed by atoms with Gasteiger partial charge in [0.1, 0.15) is 0 Å². The van der Waals surface area contributed by atoms with Crippen molar-refractivity contribution in [2.45, 2.75) is 71.9 Å². The predicted molar refractivity (Wildman–Crippen MR) is 84.7 cm³/mol. The first-order valence-electron chi connectivity index (χ1n) is 8.03. The molecule has 0 bridgehead atoms. The zero-order chi connectivity index (χ0) is 14.9. The molecule has 3 unspecified atom stereocenters. The van der Waals surface area contributed by atoms with E-state index in [-0.39, 0.29) is 5.41 Å². The molecule has 1 heterocycles. The Morgan fingerprint density at radius 1 is 1.25 bits per heavy atom. The fourth-order valence-electron chi connectivity index (χ4n) is 3.29. The first kappa shape index (κ1) is 15.6. The van der Waals surface area contributed by atoms with Crippen LogP contribution in [0.1, 0.15) is 65.1 Å². The molecule has 2 rings (SSSR count). The number of hydrogen-bond donors (Lipinski definition) is 1. The molecule has 20 heavy (non-hydrogen) atoms. The monoisotopic (exact) mass is 277 g/mol. The predicted octanol–water partition coefficient (Wildman–Crippen LogP) is 3.63. The van der Waals surface area contributed by atoms with Crippen LogP contribution in [0.15, 0.2) is 6.20 Å². The van der Waals surface area contributed by atoms with Crippen LogP contribution in [-0.4, -0.2) is 15.8 Å². The molecule has 1 N–H and O–H groups in total. The Labute approximate surface area is 124 Å². The molecule has 1 aromatic rings. The fourth-order valence-corrected chi connectivity index (χ4v) is 3.29. The number of rotatable bonds is 3. The van der Waals surface area contributed by atoms with Crippen LogP contribution in [0.25, 0.3) is 0 Å². The summed E-state index contributed by atoms with van der Waals surface area (Å²) in [4.78, 5) is 0. The van der Waals surface area contributed by atoms with Crippen molar-refractivity contribution in [2.75, 3.05) is 0 Å². The number of aromatic nitrogens is 2. The van der Waals surface area contributed by atoms with Gasteiger partial charge in [0, 0.05) is 36.8 Å². The Hall–Kier alpha value is -0.830. The summed E-state index contributed by atoms with van der Waals surface area (Å²) in [6.45, 7) is 12.4. The van der Waals surface area contributed by atoms with E-state index in [1.54, 1.807) is 0 Å². The lowest BCUT2D eigenvalue weighted by Gasteiger charge is -2.32. The Morgan fingerprint density at radius 2 is 1.95 bits per heavy atom. The van der Waals surface area contributed by atoms with Gasteiger partial charge in [0.15, 0.2) is 0 Å². The first-order valence-corrected chi connectivity index (χ1v) is 8.03. The summed E-state index contributed by atoms with van der Waals surface area (Å²) in [7, 11) is 2.02. The van der Waals surface area contributed by atoms with Crippen LogP contribution in [0.3, 0.4) is 0 Å². The summed E-state index contributed by atoms with van der Waals surface area (Å²) in [6.07, 6.45) is 6.16. The van der Waals surface area contributed by atoms with Crippen LogP contribution in [0.5, 0.6) is 0 Å². The lowest BCUT2D eigenvalue weighted by molar-refractivity contribution is 0.225. The van der Waals surface area contributed by atoms with Crippen molar-refractivity contribution in [3.8, 4) is 0 Å². The van der Waals surface area contributed by atoms with E-state index in [1.165, 1.54) is 30.5 Å². The molecule has 0 aromatic carbocycles. The van der Waals surface area contributed by atoms with Gasteiger partial charge in [0.25, 0.3) is 0 Å². The summed E-state index contributed by atoms with van der Waals surface area (Å²) in [5.74, 6) is 1.73. The number of nitrogens with one attached hydrogen (secondary N) is 1. The maximum atomic E-state index is 4.65. The van der Waals surface area contributed by atoms with E-state index in [4.69, 9.17) is 0 Å². The van der Waals surface area contributed by atoms with Crippen molar-refractivity contribution in [2.24, 2.45) is 18.9 Å². The molecular formula is C17H31N3. The number of aryl methyl sites for hydroxylation is 1. The van der Waals surface area contributed by atoms with E-state index in [1.807, 2.05) is 11.7 Å². The molecule has 1 saturated carbocycles. The molecule has 1 aliphatic rings. The topological polar surface area (TPSA) is 29.9 Å². The normalized spacial score (nSPS) is 27.8. The van der Waals surface area contributed by atoms with Crippen LogP contribution >= 0.6 is 0 Å². The highest BCUT2D eigenvalue weighted by molar-refractivity contribution is 5.24. The standard InChI is InChI=1S/C17H31N3/c1-12-7-8-15(9-13(12)2)18-10-14-11-20(6)19-16(14)17(3,4)5/h11-13,15,18H,7-10H2,1-6H3. The minimum Gasteiger partial charge on any atom is -0.310 e. The molecule has 3 nitrogen and oxygen atoms in total. The van der Waals surface area contributed by atoms with E-state index in [0.29, 0.717) is 6.04 Å². The summed E-state index contributed by atoms with van der Waals surface area (Å²) in [5.41, 5.74) is 2.70. The highest BCUT2D eigenvalue weighted by Crippen LogP contribution is 2.30. The zero-order valence-corrected chi connectivity index (χ0v) is 14.0. The summed E-state index contributed by atoms with van der Waals surface area (Å²) in [6, 6.07) is 0.675.